The third-order valence-corrected chi connectivity index (χ3v) is 6.91. The van der Waals surface area contributed by atoms with Crippen molar-refractivity contribution in [3.63, 3.8) is 0 Å². The van der Waals surface area contributed by atoms with Crippen molar-refractivity contribution in [3.05, 3.63) is 23.8 Å². The number of piperazine rings is 1. The Morgan fingerprint density at radius 3 is 2.50 bits per heavy atom. The zero-order chi connectivity index (χ0) is 21.1. The van der Waals surface area contributed by atoms with Gasteiger partial charge in [-0.3, -0.25) is 14.5 Å². The van der Waals surface area contributed by atoms with E-state index in [2.05, 4.69) is 15.1 Å². The molecule has 0 spiro atoms. The SMILES string of the molecule is COc1cc(C2C(=O)CCNC2=O)ccc1N1CCN(CC2CCC(N)CC2)CC1. The van der Waals surface area contributed by atoms with Crippen LogP contribution in [0.25, 0.3) is 0 Å². The maximum Gasteiger partial charge on any atom is 0.235 e. The summed E-state index contributed by atoms with van der Waals surface area (Å²) < 4.78 is 5.65. The van der Waals surface area contributed by atoms with Crippen molar-refractivity contribution in [2.75, 3.05) is 51.3 Å². The topological polar surface area (TPSA) is 87.9 Å². The molecular formula is C23H34N4O3. The van der Waals surface area contributed by atoms with Crippen molar-refractivity contribution in [1.82, 2.24) is 10.2 Å². The molecule has 1 unspecified atom stereocenters. The van der Waals surface area contributed by atoms with E-state index < -0.39 is 5.92 Å². The van der Waals surface area contributed by atoms with Gasteiger partial charge >= 0.3 is 0 Å². The van der Waals surface area contributed by atoms with Crippen molar-refractivity contribution in [3.8, 4) is 5.75 Å². The number of anilines is 1. The number of rotatable bonds is 5. The molecule has 0 radical (unpaired) electrons. The van der Waals surface area contributed by atoms with Gasteiger partial charge in [0.1, 0.15) is 11.7 Å². The molecule has 1 aromatic rings. The molecule has 7 nitrogen and oxygen atoms in total. The molecule has 1 atom stereocenters. The average Bonchev–Trinajstić information content (AvgIpc) is 2.76. The van der Waals surface area contributed by atoms with E-state index in [4.69, 9.17) is 10.5 Å². The molecule has 1 amide bonds. The van der Waals surface area contributed by atoms with E-state index in [1.807, 2.05) is 18.2 Å². The molecule has 2 saturated heterocycles. The fourth-order valence-electron chi connectivity index (χ4n) is 5.08. The number of hydrogen-bond donors (Lipinski definition) is 2. The number of piperidine rings is 1. The lowest BCUT2D eigenvalue weighted by Gasteiger charge is -2.39. The Labute approximate surface area is 178 Å². The summed E-state index contributed by atoms with van der Waals surface area (Å²) in [4.78, 5) is 29.4. The smallest absolute Gasteiger partial charge is 0.235 e. The molecule has 0 bridgehead atoms. The number of benzene rings is 1. The highest BCUT2D eigenvalue weighted by atomic mass is 16.5. The number of amides is 1. The molecule has 2 heterocycles. The van der Waals surface area contributed by atoms with Crippen LogP contribution < -0.4 is 20.7 Å². The van der Waals surface area contributed by atoms with Crippen molar-refractivity contribution in [1.29, 1.82) is 0 Å². The molecule has 30 heavy (non-hydrogen) atoms. The van der Waals surface area contributed by atoms with Gasteiger partial charge in [-0.15, -0.1) is 0 Å². The van der Waals surface area contributed by atoms with Crippen LogP contribution in [0, 0.1) is 5.92 Å². The third kappa shape index (κ3) is 4.62. The van der Waals surface area contributed by atoms with Gasteiger partial charge in [0.15, 0.2) is 5.78 Å². The lowest BCUT2D eigenvalue weighted by molar-refractivity contribution is -0.132. The number of carbonyl (C=O) groups excluding carboxylic acids is 2. The number of nitrogens with zero attached hydrogens (tertiary/aromatic N) is 2. The quantitative estimate of drug-likeness (QED) is 0.710. The van der Waals surface area contributed by atoms with Crippen LogP contribution in [0.15, 0.2) is 18.2 Å². The fourth-order valence-corrected chi connectivity index (χ4v) is 5.08. The Morgan fingerprint density at radius 1 is 1.10 bits per heavy atom. The van der Waals surface area contributed by atoms with Gasteiger partial charge in [0.05, 0.1) is 12.8 Å². The minimum atomic E-state index is -0.720. The van der Waals surface area contributed by atoms with Crippen LogP contribution in [0.4, 0.5) is 5.69 Å². The summed E-state index contributed by atoms with van der Waals surface area (Å²) in [5, 5.41) is 2.79. The van der Waals surface area contributed by atoms with Crippen molar-refractivity contribution >= 4 is 17.4 Å². The molecule has 3 N–H and O–H groups in total. The van der Waals surface area contributed by atoms with Crippen LogP contribution >= 0.6 is 0 Å². The normalized spacial score (nSPS) is 28.3. The number of ketones is 1. The number of carbonyl (C=O) groups is 2. The Hall–Kier alpha value is -2.12. The molecule has 164 valence electrons. The van der Waals surface area contributed by atoms with Gasteiger partial charge in [0.2, 0.25) is 5.91 Å². The summed E-state index contributed by atoms with van der Waals surface area (Å²) in [7, 11) is 1.65. The molecule has 7 heteroatoms. The minimum absolute atomic E-state index is 0.0224. The largest absolute Gasteiger partial charge is 0.495 e. The van der Waals surface area contributed by atoms with Gasteiger partial charge < -0.3 is 20.7 Å². The lowest BCUT2D eigenvalue weighted by atomic mass is 9.86. The molecule has 0 aromatic heterocycles. The summed E-state index contributed by atoms with van der Waals surface area (Å²) in [5.41, 5.74) is 7.79. The summed E-state index contributed by atoms with van der Waals surface area (Å²) in [6, 6.07) is 6.17. The Morgan fingerprint density at radius 2 is 1.83 bits per heavy atom. The molecule has 1 aliphatic carbocycles. The molecular weight excluding hydrogens is 380 g/mol. The van der Waals surface area contributed by atoms with E-state index in [0.717, 1.165) is 56.4 Å². The van der Waals surface area contributed by atoms with E-state index in [9.17, 15) is 9.59 Å². The second-order valence-electron chi connectivity index (χ2n) is 8.94. The van der Waals surface area contributed by atoms with E-state index >= 15 is 0 Å². The predicted octanol–water partition coefficient (Wildman–Crippen LogP) is 1.51. The predicted molar refractivity (Wildman–Crippen MR) is 117 cm³/mol. The second-order valence-corrected chi connectivity index (χ2v) is 8.94. The van der Waals surface area contributed by atoms with Crippen LogP contribution in [0.2, 0.25) is 0 Å². The van der Waals surface area contributed by atoms with Crippen LogP contribution in [0.3, 0.4) is 0 Å². The first-order valence-electron chi connectivity index (χ1n) is 11.3. The highest BCUT2D eigenvalue weighted by Crippen LogP contribution is 2.34. The molecule has 3 fully saturated rings. The number of ether oxygens (including phenoxy) is 1. The number of methoxy groups -OCH3 is 1. The van der Waals surface area contributed by atoms with E-state index in [1.165, 1.54) is 19.4 Å². The maximum atomic E-state index is 12.3. The van der Waals surface area contributed by atoms with E-state index in [1.54, 1.807) is 7.11 Å². The van der Waals surface area contributed by atoms with Gasteiger partial charge in [0.25, 0.3) is 0 Å². The first kappa shape index (κ1) is 21.1. The number of Topliss-reactive ketones (excluding diaryl/α,β-unsaturated/α-hetero) is 1. The zero-order valence-corrected chi connectivity index (χ0v) is 17.9. The van der Waals surface area contributed by atoms with E-state index in [0.29, 0.717) is 24.6 Å². The lowest BCUT2D eigenvalue weighted by Crippen LogP contribution is -2.48. The summed E-state index contributed by atoms with van der Waals surface area (Å²) in [6.45, 7) is 5.58. The van der Waals surface area contributed by atoms with Gasteiger partial charge in [-0.1, -0.05) is 6.07 Å². The average molecular weight is 415 g/mol. The molecule has 2 aliphatic heterocycles. The first-order valence-corrected chi connectivity index (χ1v) is 11.3. The van der Waals surface area contributed by atoms with Gasteiger partial charge in [-0.25, -0.2) is 0 Å². The molecule has 3 aliphatic rings. The van der Waals surface area contributed by atoms with E-state index in [-0.39, 0.29) is 11.7 Å². The van der Waals surface area contributed by atoms with Crippen LogP contribution in [-0.4, -0.2) is 69.0 Å². The van der Waals surface area contributed by atoms with Gasteiger partial charge in [-0.05, 0) is 49.3 Å². The van der Waals surface area contributed by atoms with Crippen LogP contribution in [0.1, 0.15) is 43.6 Å². The van der Waals surface area contributed by atoms with Gasteiger partial charge in [0, 0.05) is 51.7 Å². The molecule has 1 saturated carbocycles. The zero-order valence-electron chi connectivity index (χ0n) is 17.9. The number of nitrogens with two attached hydrogens (primary N) is 1. The first-order chi connectivity index (χ1) is 14.5. The Balaban J connectivity index is 1.38. The van der Waals surface area contributed by atoms with Crippen molar-refractivity contribution in [2.24, 2.45) is 11.7 Å². The monoisotopic (exact) mass is 414 g/mol. The fraction of sp³-hybridized carbons (Fsp3) is 0.652. The number of hydrogen-bond acceptors (Lipinski definition) is 6. The van der Waals surface area contributed by atoms with Gasteiger partial charge in [-0.2, -0.15) is 0 Å². The number of nitrogens with one attached hydrogen (secondary N) is 1. The van der Waals surface area contributed by atoms with Crippen molar-refractivity contribution in [2.45, 2.75) is 44.1 Å². The molecule has 4 rings (SSSR count). The summed E-state index contributed by atoms with van der Waals surface area (Å²) in [6.07, 6.45) is 5.22. The third-order valence-electron chi connectivity index (χ3n) is 6.91. The van der Waals surface area contributed by atoms with Crippen molar-refractivity contribution < 1.29 is 14.3 Å². The highest BCUT2D eigenvalue weighted by molar-refractivity contribution is 6.08. The highest BCUT2D eigenvalue weighted by Gasteiger charge is 2.32. The second kappa shape index (κ2) is 9.35. The van der Waals surface area contributed by atoms with Crippen LogP contribution in [0.5, 0.6) is 5.75 Å². The Kier molecular flexibility index (Phi) is 6.58. The summed E-state index contributed by atoms with van der Waals surface area (Å²) >= 11 is 0. The Bertz CT molecular complexity index is 752. The minimum Gasteiger partial charge on any atom is -0.495 e. The maximum absolute atomic E-state index is 12.3. The van der Waals surface area contributed by atoms with Crippen LogP contribution in [-0.2, 0) is 9.59 Å². The summed E-state index contributed by atoms with van der Waals surface area (Å²) in [5.74, 6) is 0.559. The standard InChI is InChI=1S/C23H34N4O3/c1-30-21-14-17(22-20(28)8-9-25-23(22)29)4-7-19(21)27-12-10-26(11-13-27)15-16-2-5-18(24)6-3-16/h4,7,14,16,18,22H,2-3,5-6,8-13,15,24H2,1H3,(H,25,29). The molecule has 1 aromatic carbocycles.